The van der Waals surface area contributed by atoms with E-state index in [0.29, 0.717) is 24.6 Å². The van der Waals surface area contributed by atoms with Gasteiger partial charge in [0.15, 0.2) is 5.82 Å². The van der Waals surface area contributed by atoms with Crippen molar-refractivity contribution in [2.45, 2.75) is 38.1 Å². The van der Waals surface area contributed by atoms with Gasteiger partial charge in [0.2, 0.25) is 5.89 Å². The lowest BCUT2D eigenvalue weighted by atomic mass is 10.1. The molecule has 1 aliphatic heterocycles. The maximum Gasteiger partial charge on any atom is 0.303 e. The van der Waals surface area contributed by atoms with Gasteiger partial charge in [0.25, 0.3) is 0 Å². The van der Waals surface area contributed by atoms with Gasteiger partial charge in [-0.2, -0.15) is 4.98 Å². The van der Waals surface area contributed by atoms with Crippen LogP contribution in [-0.2, 0) is 11.2 Å². The number of hydrogen-bond acceptors (Lipinski definition) is 5. The fourth-order valence-electron chi connectivity index (χ4n) is 3.07. The first-order valence-electron chi connectivity index (χ1n) is 8.14. The molecule has 1 aliphatic rings. The molecule has 1 N–H and O–H groups in total. The first-order valence-corrected chi connectivity index (χ1v) is 8.94. The quantitative estimate of drug-likeness (QED) is 0.719. The van der Waals surface area contributed by atoms with Gasteiger partial charge in [-0.3, -0.25) is 9.69 Å². The van der Waals surface area contributed by atoms with Gasteiger partial charge in [-0.15, -0.1) is 12.4 Å². The second-order valence-corrected chi connectivity index (χ2v) is 6.96. The number of aliphatic carboxylic acids is 1. The number of likely N-dealkylation sites (tertiary alicyclic amines) is 1. The number of hydrogen-bond donors (Lipinski definition) is 1. The molecule has 1 aromatic carbocycles. The summed E-state index contributed by atoms with van der Waals surface area (Å²) in [6.07, 6.45) is 3.53. The number of carbonyl (C=O) groups is 1. The van der Waals surface area contributed by atoms with Crippen molar-refractivity contribution in [2.24, 2.45) is 0 Å². The van der Waals surface area contributed by atoms with Crippen LogP contribution in [0.15, 0.2) is 33.3 Å². The fraction of sp³-hybridized carbons (Fsp3) is 0.471. The molecule has 1 fully saturated rings. The van der Waals surface area contributed by atoms with E-state index in [1.807, 2.05) is 24.3 Å². The minimum Gasteiger partial charge on any atom is -0.481 e. The van der Waals surface area contributed by atoms with Crippen LogP contribution >= 0.6 is 28.3 Å². The third kappa shape index (κ3) is 5.52. The molecule has 8 heteroatoms. The Morgan fingerprint density at radius 3 is 2.84 bits per heavy atom. The molecule has 0 spiro atoms. The summed E-state index contributed by atoms with van der Waals surface area (Å²) in [5.41, 5.74) is 1.13. The van der Waals surface area contributed by atoms with E-state index in [-0.39, 0.29) is 24.9 Å². The van der Waals surface area contributed by atoms with Gasteiger partial charge < -0.3 is 9.63 Å². The van der Waals surface area contributed by atoms with E-state index in [1.165, 1.54) is 0 Å². The van der Waals surface area contributed by atoms with E-state index in [4.69, 9.17) is 9.63 Å². The molecule has 1 atom stereocenters. The number of halogens is 2. The molecule has 1 saturated heterocycles. The van der Waals surface area contributed by atoms with Crippen LogP contribution < -0.4 is 0 Å². The molecule has 0 radical (unpaired) electrons. The maximum absolute atomic E-state index is 10.7. The molecular weight excluding hydrogens is 410 g/mol. The van der Waals surface area contributed by atoms with Gasteiger partial charge in [0.05, 0.1) is 6.04 Å². The molecule has 3 rings (SSSR count). The lowest BCUT2D eigenvalue weighted by Gasteiger charge is -2.20. The molecule has 1 unspecified atom stereocenters. The van der Waals surface area contributed by atoms with Gasteiger partial charge in [0, 0.05) is 17.3 Å². The number of benzene rings is 1. The Morgan fingerprint density at radius 1 is 1.36 bits per heavy atom. The number of nitrogens with zero attached hydrogens (tertiary/aromatic N) is 3. The average Bonchev–Trinajstić information content (AvgIpc) is 3.18. The van der Waals surface area contributed by atoms with Gasteiger partial charge in [0.1, 0.15) is 0 Å². The Labute approximate surface area is 161 Å². The van der Waals surface area contributed by atoms with Crippen LogP contribution in [-0.4, -0.2) is 39.2 Å². The Hall–Kier alpha value is -1.44. The van der Waals surface area contributed by atoms with E-state index in [9.17, 15) is 4.79 Å². The molecule has 2 aromatic rings. The SMILES string of the molecule is Cl.O=C(O)CCCN1CCCC1c1nc(Cc2ccc(Br)cc2)no1. The topological polar surface area (TPSA) is 79.5 Å². The van der Waals surface area contributed by atoms with Crippen LogP contribution in [0.4, 0.5) is 0 Å². The smallest absolute Gasteiger partial charge is 0.303 e. The van der Waals surface area contributed by atoms with Gasteiger partial charge in [-0.25, -0.2) is 0 Å². The van der Waals surface area contributed by atoms with Crippen LogP contribution in [0, 0.1) is 0 Å². The fourth-order valence-corrected chi connectivity index (χ4v) is 3.33. The predicted molar refractivity (Wildman–Crippen MR) is 98.9 cm³/mol. The molecular formula is C17H21BrClN3O3. The first kappa shape index (κ1) is 19.9. The number of carboxylic acids is 1. The van der Waals surface area contributed by atoms with E-state index < -0.39 is 5.97 Å². The van der Waals surface area contributed by atoms with Crippen molar-refractivity contribution in [3.8, 4) is 0 Å². The number of aromatic nitrogens is 2. The largest absolute Gasteiger partial charge is 0.481 e. The average molecular weight is 431 g/mol. The van der Waals surface area contributed by atoms with E-state index in [1.54, 1.807) is 0 Å². The zero-order valence-electron chi connectivity index (χ0n) is 13.7. The summed E-state index contributed by atoms with van der Waals surface area (Å²) in [5, 5.41) is 12.9. The van der Waals surface area contributed by atoms with E-state index in [0.717, 1.165) is 36.0 Å². The summed E-state index contributed by atoms with van der Waals surface area (Å²) in [6.45, 7) is 1.70. The minimum absolute atomic E-state index is 0. The van der Waals surface area contributed by atoms with Gasteiger partial charge in [-0.1, -0.05) is 33.2 Å². The third-order valence-electron chi connectivity index (χ3n) is 4.24. The van der Waals surface area contributed by atoms with Crippen LogP contribution in [0.5, 0.6) is 0 Å². The third-order valence-corrected chi connectivity index (χ3v) is 4.77. The van der Waals surface area contributed by atoms with E-state index in [2.05, 4.69) is 31.0 Å². The lowest BCUT2D eigenvalue weighted by molar-refractivity contribution is -0.137. The molecule has 0 bridgehead atoms. The van der Waals surface area contributed by atoms with Gasteiger partial charge >= 0.3 is 5.97 Å². The highest BCUT2D eigenvalue weighted by atomic mass is 79.9. The normalized spacial score (nSPS) is 17.4. The van der Waals surface area contributed by atoms with Crippen LogP contribution in [0.2, 0.25) is 0 Å². The summed E-state index contributed by atoms with van der Waals surface area (Å²) >= 11 is 3.42. The standard InChI is InChI=1S/C17H20BrN3O3.ClH/c18-13-7-5-12(6-8-13)11-15-19-17(24-20-15)14-3-1-9-21(14)10-2-4-16(22)23;/h5-8,14H,1-4,9-11H2,(H,22,23);1H. The summed E-state index contributed by atoms with van der Waals surface area (Å²) in [4.78, 5) is 17.5. The molecule has 6 nitrogen and oxygen atoms in total. The summed E-state index contributed by atoms with van der Waals surface area (Å²) in [6, 6.07) is 8.18. The molecule has 2 heterocycles. The van der Waals surface area contributed by atoms with Crippen molar-refractivity contribution >= 4 is 34.3 Å². The second-order valence-electron chi connectivity index (χ2n) is 6.04. The zero-order valence-corrected chi connectivity index (χ0v) is 16.1. The Balaban J connectivity index is 0.00000225. The highest BCUT2D eigenvalue weighted by Crippen LogP contribution is 2.31. The second kappa shape index (κ2) is 9.31. The Morgan fingerprint density at radius 2 is 2.12 bits per heavy atom. The Bertz CT molecular complexity index is 693. The molecule has 0 amide bonds. The van der Waals surface area contributed by atoms with Crippen molar-refractivity contribution in [1.29, 1.82) is 0 Å². The van der Waals surface area contributed by atoms with Crippen molar-refractivity contribution in [1.82, 2.24) is 15.0 Å². The highest BCUT2D eigenvalue weighted by molar-refractivity contribution is 9.10. The maximum atomic E-state index is 10.7. The summed E-state index contributed by atoms with van der Waals surface area (Å²) in [7, 11) is 0. The van der Waals surface area contributed by atoms with Crippen molar-refractivity contribution in [2.75, 3.05) is 13.1 Å². The molecule has 1 aromatic heterocycles. The summed E-state index contributed by atoms with van der Waals surface area (Å²) < 4.78 is 6.52. The number of rotatable bonds is 7. The van der Waals surface area contributed by atoms with Crippen LogP contribution in [0.1, 0.15) is 49.0 Å². The zero-order chi connectivity index (χ0) is 16.9. The molecule has 0 saturated carbocycles. The van der Waals surface area contributed by atoms with Crippen molar-refractivity contribution in [3.63, 3.8) is 0 Å². The molecule has 136 valence electrons. The van der Waals surface area contributed by atoms with Crippen LogP contribution in [0.25, 0.3) is 0 Å². The minimum atomic E-state index is -0.750. The van der Waals surface area contributed by atoms with Crippen LogP contribution in [0.3, 0.4) is 0 Å². The Kier molecular flexibility index (Phi) is 7.40. The first-order chi connectivity index (χ1) is 11.6. The van der Waals surface area contributed by atoms with Crippen molar-refractivity contribution in [3.05, 3.63) is 46.0 Å². The van der Waals surface area contributed by atoms with E-state index >= 15 is 0 Å². The molecule has 25 heavy (non-hydrogen) atoms. The molecule has 0 aliphatic carbocycles. The predicted octanol–water partition coefficient (Wildman–Crippen LogP) is 3.85. The lowest BCUT2D eigenvalue weighted by Crippen LogP contribution is -2.25. The van der Waals surface area contributed by atoms with Gasteiger partial charge in [-0.05, 0) is 50.0 Å². The summed E-state index contributed by atoms with van der Waals surface area (Å²) in [5.74, 6) is 0.583. The highest BCUT2D eigenvalue weighted by Gasteiger charge is 2.30. The number of carboxylic acid groups (broad SMARTS) is 1. The van der Waals surface area contributed by atoms with Crippen molar-refractivity contribution < 1.29 is 14.4 Å². The monoisotopic (exact) mass is 429 g/mol.